The van der Waals surface area contributed by atoms with Gasteiger partial charge in [-0.1, -0.05) is 12.8 Å². The van der Waals surface area contributed by atoms with E-state index in [0.717, 1.165) is 31.9 Å². The Bertz CT molecular complexity index is 1210. The molecule has 0 aromatic heterocycles. The third-order valence-electron chi connectivity index (χ3n) is 5.87. The largest absolute Gasteiger partial charge is 0.508 e. The summed E-state index contributed by atoms with van der Waals surface area (Å²) in [6.07, 6.45) is 0.427. The second kappa shape index (κ2) is 8.94. The minimum absolute atomic E-state index is 0.00511. The van der Waals surface area contributed by atoms with Crippen LogP contribution in [0, 0.1) is 0 Å². The molecule has 0 saturated heterocycles. The number of ether oxygens (including phenoxy) is 2. The van der Waals surface area contributed by atoms with Crippen molar-refractivity contribution in [2.45, 2.75) is 55.6 Å². The standard InChI is InChI=1S/C23H26F2N2O6S/c1-23(24,25)33-14-7-8-19-16(9-14)26-12-20(32-19)22(29)27-17-11-18(28)15(13-5-3-4-6-13)10-21(17)34(2,30)31/h7-11,13,20,26,28H,3-6,12H2,1-2H3,(H,27,29). The van der Waals surface area contributed by atoms with Gasteiger partial charge in [0.25, 0.3) is 5.91 Å². The molecule has 2 aliphatic rings. The fourth-order valence-corrected chi connectivity index (χ4v) is 5.18. The quantitative estimate of drug-likeness (QED) is 0.548. The van der Waals surface area contributed by atoms with Crippen molar-refractivity contribution in [3.63, 3.8) is 0 Å². The maximum atomic E-state index is 13.1. The monoisotopic (exact) mass is 496 g/mol. The number of sulfone groups is 1. The molecule has 34 heavy (non-hydrogen) atoms. The first-order chi connectivity index (χ1) is 15.9. The summed E-state index contributed by atoms with van der Waals surface area (Å²) in [5.74, 6) is -0.435. The molecule has 1 amide bonds. The van der Waals surface area contributed by atoms with Gasteiger partial charge < -0.3 is 25.2 Å². The van der Waals surface area contributed by atoms with Crippen molar-refractivity contribution in [3.05, 3.63) is 35.9 Å². The minimum atomic E-state index is -3.70. The summed E-state index contributed by atoms with van der Waals surface area (Å²) >= 11 is 0. The molecule has 2 aromatic carbocycles. The van der Waals surface area contributed by atoms with Crippen molar-refractivity contribution >= 4 is 27.1 Å². The van der Waals surface area contributed by atoms with E-state index in [-0.39, 0.29) is 40.3 Å². The molecule has 2 aromatic rings. The highest BCUT2D eigenvalue weighted by Gasteiger charge is 2.30. The molecule has 184 valence electrons. The van der Waals surface area contributed by atoms with Gasteiger partial charge in [-0.15, -0.1) is 0 Å². The predicted molar refractivity (Wildman–Crippen MR) is 122 cm³/mol. The van der Waals surface area contributed by atoms with Crippen LogP contribution in [0.4, 0.5) is 20.2 Å². The molecule has 8 nitrogen and oxygen atoms in total. The van der Waals surface area contributed by atoms with Crippen LogP contribution < -0.4 is 20.1 Å². The Labute approximate surface area is 196 Å². The van der Waals surface area contributed by atoms with Crippen molar-refractivity contribution in [2.75, 3.05) is 23.4 Å². The van der Waals surface area contributed by atoms with Crippen LogP contribution in [0.25, 0.3) is 0 Å². The number of anilines is 2. The molecule has 3 N–H and O–H groups in total. The highest BCUT2D eigenvalue weighted by Crippen LogP contribution is 2.42. The lowest BCUT2D eigenvalue weighted by Gasteiger charge is -2.27. The van der Waals surface area contributed by atoms with Crippen LogP contribution in [0.1, 0.15) is 44.1 Å². The number of alkyl halides is 2. The van der Waals surface area contributed by atoms with Crippen molar-refractivity contribution in [2.24, 2.45) is 0 Å². The first kappa shape index (κ1) is 24.1. The van der Waals surface area contributed by atoms with Gasteiger partial charge in [-0.2, -0.15) is 8.78 Å². The number of phenolic OH excluding ortho intramolecular Hbond substituents is 1. The van der Waals surface area contributed by atoms with E-state index >= 15 is 0 Å². The summed E-state index contributed by atoms with van der Waals surface area (Å²) < 4.78 is 61.3. The van der Waals surface area contributed by atoms with E-state index in [1.54, 1.807) is 0 Å². The van der Waals surface area contributed by atoms with Crippen LogP contribution in [0.5, 0.6) is 17.2 Å². The molecule has 0 spiro atoms. The summed E-state index contributed by atoms with van der Waals surface area (Å²) in [5.41, 5.74) is 0.910. The number of nitrogens with one attached hydrogen (secondary N) is 2. The number of carbonyl (C=O) groups is 1. The molecule has 1 unspecified atom stereocenters. The van der Waals surface area contributed by atoms with Crippen LogP contribution in [0.2, 0.25) is 0 Å². The van der Waals surface area contributed by atoms with Gasteiger partial charge in [-0.25, -0.2) is 8.42 Å². The van der Waals surface area contributed by atoms with Crippen molar-refractivity contribution in [1.82, 2.24) is 0 Å². The van der Waals surface area contributed by atoms with Crippen molar-refractivity contribution < 1.29 is 36.6 Å². The Morgan fingerprint density at radius 1 is 1.24 bits per heavy atom. The van der Waals surface area contributed by atoms with Gasteiger partial charge in [0.2, 0.25) is 0 Å². The van der Waals surface area contributed by atoms with E-state index < -0.39 is 28.0 Å². The predicted octanol–water partition coefficient (Wildman–Crippen LogP) is 4.26. The number of carbonyl (C=O) groups excluding carboxylic acids is 1. The van der Waals surface area contributed by atoms with Crippen LogP contribution >= 0.6 is 0 Å². The van der Waals surface area contributed by atoms with Crippen LogP contribution in [-0.4, -0.2) is 44.4 Å². The molecule has 1 aliphatic carbocycles. The lowest BCUT2D eigenvalue weighted by Crippen LogP contribution is -2.41. The number of phenols is 1. The number of aromatic hydroxyl groups is 1. The highest BCUT2D eigenvalue weighted by atomic mass is 32.2. The number of hydrogen-bond donors (Lipinski definition) is 3. The van der Waals surface area contributed by atoms with Gasteiger partial charge in [0.1, 0.15) is 17.2 Å². The maximum absolute atomic E-state index is 13.1. The van der Waals surface area contributed by atoms with Crippen molar-refractivity contribution in [1.29, 1.82) is 0 Å². The smallest absolute Gasteiger partial charge is 0.394 e. The highest BCUT2D eigenvalue weighted by molar-refractivity contribution is 7.90. The summed E-state index contributed by atoms with van der Waals surface area (Å²) in [6.45, 7) is 0.630. The molecule has 1 heterocycles. The van der Waals surface area contributed by atoms with Crippen molar-refractivity contribution in [3.8, 4) is 17.2 Å². The number of benzene rings is 2. The Hall–Kier alpha value is -3.08. The van der Waals surface area contributed by atoms with E-state index in [1.165, 1.54) is 30.3 Å². The zero-order valence-electron chi connectivity index (χ0n) is 18.7. The average Bonchev–Trinajstić information content (AvgIpc) is 3.26. The van der Waals surface area contributed by atoms with E-state index in [4.69, 9.17) is 4.74 Å². The van der Waals surface area contributed by atoms with E-state index in [9.17, 15) is 27.1 Å². The Morgan fingerprint density at radius 3 is 2.59 bits per heavy atom. The zero-order chi connectivity index (χ0) is 24.7. The van der Waals surface area contributed by atoms with Crippen LogP contribution in [-0.2, 0) is 14.6 Å². The lowest BCUT2D eigenvalue weighted by molar-refractivity contribution is -0.158. The van der Waals surface area contributed by atoms with E-state index in [2.05, 4.69) is 15.4 Å². The first-order valence-corrected chi connectivity index (χ1v) is 12.8. The summed E-state index contributed by atoms with van der Waals surface area (Å²) in [7, 11) is -3.70. The number of halogens is 2. The van der Waals surface area contributed by atoms with Gasteiger partial charge in [-0.05, 0) is 42.5 Å². The van der Waals surface area contributed by atoms with Gasteiger partial charge in [-0.3, -0.25) is 4.79 Å². The normalized spacial score (nSPS) is 18.5. The molecule has 11 heteroatoms. The van der Waals surface area contributed by atoms with Crippen LogP contribution in [0.3, 0.4) is 0 Å². The molecule has 1 saturated carbocycles. The number of amides is 1. The molecule has 4 rings (SSSR count). The molecular weight excluding hydrogens is 470 g/mol. The third-order valence-corrected chi connectivity index (χ3v) is 7.01. The number of rotatable bonds is 6. The Balaban J connectivity index is 1.53. The third kappa shape index (κ3) is 5.35. The Kier molecular flexibility index (Phi) is 6.32. The fraction of sp³-hybridized carbons (Fsp3) is 0.435. The SMILES string of the molecule is CC(F)(F)Oc1ccc2c(c1)NCC(C(=O)Nc1cc(O)c(C3CCCC3)cc1S(C)(=O)=O)O2. The van der Waals surface area contributed by atoms with Gasteiger partial charge >= 0.3 is 6.11 Å². The molecule has 0 radical (unpaired) electrons. The van der Waals surface area contributed by atoms with Gasteiger partial charge in [0.05, 0.1) is 22.8 Å². The lowest BCUT2D eigenvalue weighted by atomic mass is 9.96. The average molecular weight is 497 g/mol. The van der Waals surface area contributed by atoms with E-state index in [0.29, 0.717) is 18.2 Å². The van der Waals surface area contributed by atoms with Gasteiger partial charge in [0, 0.05) is 25.3 Å². The van der Waals surface area contributed by atoms with Gasteiger partial charge in [0.15, 0.2) is 15.9 Å². The number of fused-ring (bicyclic) bond motifs is 1. The molecular formula is C23H26F2N2O6S. The number of hydrogen-bond acceptors (Lipinski definition) is 7. The second-order valence-corrected chi connectivity index (χ2v) is 10.7. The second-order valence-electron chi connectivity index (χ2n) is 8.71. The fourth-order valence-electron chi connectivity index (χ4n) is 4.33. The topological polar surface area (TPSA) is 114 Å². The Morgan fingerprint density at radius 2 is 1.94 bits per heavy atom. The molecule has 0 bridgehead atoms. The molecule has 1 fully saturated rings. The summed E-state index contributed by atoms with van der Waals surface area (Å²) in [6, 6.07) is 6.73. The zero-order valence-corrected chi connectivity index (χ0v) is 19.5. The molecule has 1 aliphatic heterocycles. The summed E-state index contributed by atoms with van der Waals surface area (Å²) in [4.78, 5) is 12.8. The minimum Gasteiger partial charge on any atom is -0.508 e. The van der Waals surface area contributed by atoms with Crippen LogP contribution in [0.15, 0.2) is 35.2 Å². The van der Waals surface area contributed by atoms with E-state index in [1.807, 2.05) is 0 Å². The first-order valence-electron chi connectivity index (χ1n) is 10.9. The maximum Gasteiger partial charge on any atom is 0.394 e. The molecule has 1 atom stereocenters. The summed E-state index contributed by atoms with van der Waals surface area (Å²) in [5, 5.41) is 16.0.